The molecule has 0 aliphatic carbocycles. The number of hydrogen-bond donors (Lipinski definition) is 0. The first-order chi connectivity index (χ1) is 0. The summed E-state index contributed by atoms with van der Waals surface area (Å²) < 4.78 is 0. The molecule has 0 aliphatic heterocycles. The van der Waals surface area contributed by atoms with Crippen molar-refractivity contribution in [1.82, 2.24) is 0 Å². The maximum Gasteiger partial charge on any atom is 2.00 e. The van der Waals surface area contributed by atoms with Gasteiger partial charge in [0.15, 0.2) is 17.4 Å². The molecule has 0 aromatic carbocycles. The van der Waals surface area contributed by atoms with Gasteiger partial charge < -0.3 is 2.85 Å². The third-order valence-electron chi connectivity index (χ3n) is 0. The Balaban J connectivity index is 0. The Hall–Kier alpha value is 1.52. The molecule has 0 heterocycles. The van der Waals surface area contributed by atoms with Crippen molar-refractivity contribution in [3.63, 3.8) is 0 Å². The van der Waals surface area contributed by atoms with Gasteiger partial charge in [0.1, 0.15) is 0 Å². The zero-order valence-electron chi connectivity index (χ0n) is 2.71. The first-order valence-corrected chi connectivity index (χ1v) is 0. The zero-order chi connectivity index (χ0) is 0. The topological polar surface area (TPSA) is 0 Å². The molecule has 0 aliphatic rings. The van der Waals surface area contributed by atoms with Crippen LogP contribution in [-0.2, 0) is 0 Å². The molecule has 0 aromatic heterocycles. The first-order valence-electron chi connectivity index (χ1n) is 0. The molecular formula is CH13AlMgSi. The van der Waals surface area contributed by atoms with Crippen LogP contribution in [-0.4, -0.2) is 51.4 Å². The summed E-state index contributed by atoms with van der Waals surface area (Å²) in [6.07, 6.45) is 0. The second-order valence-corrected chi connectivity index (χ2v) is 0. The Bertz CT molecular complexity index is 13.5. The average Bonchev–Trinajstić information content (AvgIpc) is 0. The third kappa shape index (κ3) is 9.69. The molecule has 0 aromatic rings. The Kier molecular flexibility index (Phi) is 297. The van der Waals surface area contributed by atoms with E-state index in [-0.39, 0.29) is 61.7 Å². The van der Waals surface area contributed by atoms with E-state index >= 15 is 0 Å². The van der Waals surface area contributed by atoms with Crippen molar-refractivity contribution in [2.75, 3.05) is 0 Å². The Morgan fingerprint density at radius 1 is 1.25 bits per heavy atom. The Labute approximate surface area is 61.6 Å². The largest absolute Gasteiger partial charge is 2.00 e. The molecule has 0 rings (SSSR count). The van der Waals surface area contributed by atoms with Gasteiger partial charge in [-0.15, -0.1) is 0 Å². The van der Waals surface area contributed by atoms with Gasteiger partial charge in [-0.05, 0) is 11.0 Å². The van der Waals surface area contributed by atoms with E-state index in [9.17, 15) is 0 Å². The SMILES string of the molecule is C.[AlH3].[H-].[H-].[Mg+2].[SiH4]. The molecule has 0 radical (unpaired) electrons. The fourth-order valence-electron chi connectivity index (χ4n) is 0. The summed E-state index contributed by atoms with van der Waals surface area (Å²) in [5.41, 5.74) is 0. The van der Waals surface area contributed by atoms with E-state index in [0.29, 0.717) is 0 Å². The molecule has 0 nitrogen and oxygen atoms in total. The summed E-state index contributed by atoms with van der Waals surface area (Å²) in [5.74, 6) is 0. The second kappa shape index (κ2) is 24.3. The predicted molar refractivity (Wildman–Crippen MR) is 36.0 cm³/mol. The predicted octanol–water partition coefficient (Wildman–Crippen LogP) is -2.16. The van der Waals surface area contributed by atoms with Crippen LogP contribution >= 0.6 is 0 Å². The summed E-state index contributed by atoms with van der Waals surface area (Å²) in [5, 5.41) is 0. The van der Waals surface area contributed by atoms with Crippen molar-refractivity contribution in [2.24, 2.45) is 0 Å². The van der Waals surface area contributed by atoms with Crippen LogP contribution < -0.4 is 0 Å². The zero-order valence-corrected chi connectivity index (χ0v) is 2.12. The molecule has 4 heavy (non-hydrogen) atoms. The van der Waals surface area contributed by atoms with Gasteiger partial charge in [0, 0.05) is 0 Å². The fraction of sp³-hybridized carbons (Fsp3) is 1.00. The third-order valence-corrected chi connectivity index (χ3v) is 0. The summed E-state index contributed by atoms with van der Waals surface area (Å²) in [6, 6.07) is 0. The number of hydrogen-bond acceptors (Lipinski definition) is 0. The molecule has 0 bridgehead atoms. The van der Waals surface area contributed by atoms with E-state index in [0.717, 1.165) is 0 Å². The summed E-state index contributed by atoms with van der Waals surface area (Å²) >= 11 is 0. The smallest absolute Gasteiger partial charge is 1.00 e. The van der Waals surface area contributed by atoms with Crippen LogP contribution in [0.2, 0.25) is 0 Å². The van der Waals surface area contributed by atoms with Gasteiger partial charge in [0.05, 0.1) is 0 Å². The summed E-state index contributed by atoms with van der Waals surface area (Å²) in [6.45, 7) is 0. The standard InChI is InChI=1S/CH4.Al.Mg.H4Si.5H/h1H4;;;1H4;;;;;/q;;+2;;;;;2*-1. The van der Waals surface area contributed by atoms with Crippen molar-refractivity contribution in [2.45, 2.75) is 7.43 Å². The van der Waals surface area contributed by atoms with Gasteiger partial charge in [0.2, 0.25) is 0 Å². The van der Waals surface area contributed by atoms with Crippen molar-refractivity contribution in [1.29, 1.82) is 0 Å². The molecule has 0 saturated carbocycles. The van der Waals surface area contributed by atoms with Crippen LogP contribution in [0.5, 0.6) is 0 Å². The van der Waals surface area contributed by atoms with E-state index in [1.807, 2.05) is 0 Å². The van der Waals surface area contributed by atoms with Crippen LogP contribution in [0.3, 0.4) is 0 Å². The van der Waals surface area contributed by atoms with Gasteiger partial charge in [0.25, 0.3) is 0 Å². The van der Waals surface area contributed by atoms with E-state index < -0.39 is 0 Å². The molecule has 0 spiro atoms. The minimum atomic E-state index is 0. The van der Waals surface area contributed by atoms with Crippen LogP contribution in [0.1, 0.15) is 10.3 Å². The van der Waals surface area contributed by atoms with Crippen molar-refractivity contribution in [3.05, 3.63) is 0 Å². The maximum atomic E-state index is 0. The van der Waals surface area contributed by atoms with Crippen LogP contribution in [0.15, 0.2) is 0 Å². The second-order valence-electron chi connectivity index (χ2n) is 0. The summed E-state index contributed by atoms with van der Waals surface area (Å²) in [4.78, 5) is 0. The van der Waals surface area contributed by atoms with Gasteiger partial charge in [-0.3, -0.25) is 0 Å². The molecule has 0 amide bonds. The Morgan fingerprint density at radius 3 is 1.25 bits per heavy atom. The fourth-order valence-corrected chi connectivity index (χ4v) is 0. The first kappa shape index (κ1) is 49.0. The monoisotopic (exact) mass is 104 g/mol. The normalized spacial score (nSPS) is 0. The van der Waals surface area contributed by atoms with E-state index in [1.165, 1.54) is 0 Å². The van der Waals surface area contributed by atoms with Crippen molar-refractivity contribution in [3.8, 4) is 0 Å². The van der Waals surface area contributed by atoms with Crippen LogP contribution in [0.25, 0.3) is 0 Å². The average molecular weight is 104 g/mol. The molecule has 0 unspecified atom stereocenters. The summed E-state index contributed by atoms with van der Waals surface area (Å²) in [7, 11) is 0. The van der Waals surface area contributed by atoms with Crippen molar-refractivity contribution < 1.29 is 2.85 Å². The van der Waals surface area contributed by atoms with Gasteiger partial charge >= 0.3 is 23.1 Å². The molecular weight excluding hydrogens is 91.4 g/mol. The molecule has 0 fully saturated rings. The van der Waals surface area contributed by atoms with E-state index in [1.54, 1.807) is 0 Å². The van der Waals surface area contributed by atoms with E-state index in [2.05, 4.69) is 0 Å². The van der Waals surface area contributed by atoms with Crippen LogP contribution in [0, 0.1) is 0 Å². The van der Waals surface area contributed by atoms with Crippen molar-refractivity contribution >= 4 is 51.4 Å². The molecule has 0 saturated heterocycles. The quantitative estimate of drug-likeness (QED) is 0.307. The maximum absolute atomic E-state index is 0. The van der Waals surface area contributed by atoms with E-state index in [4.69, 9.17) is 0 Å². The van der Waals surface area contributed by atoms with Crippen LogP contribution in [0.4, 0.5) is 0 Å². The molecule has 0 atom stereocenters. The molecule has 26 valence electrons. The van der Waals surface area contributed by atoms with Gasteiger partial charge in [-0.1, -0.05) is 7.43 Å². The Morgan fingerprint density at radius 2 is 1.25 bits per heavy atom. The minimum absolute atomic E-state index is 0. The number of rotatable bonds is 0. The molecule has 3 heteroatoms. The van der Waals surface area contributed by atoms with Gasteiger partial charge in [-0.2, -0.15) is 0 Å². The molecule has 0 N–H and O–H groups in total. The minimum Gasteiger partial charge on any atom is -1.00 e. The van der Waals surface area contributed by atoms with Gasteiger partial charge in [-0.25, -0.2) is 0 Å².